The number of nitrogens with zero attached hydrogens (tertiary/aromatic N) is 2. The monoisotopic (exact) mass is 410 g/mol. The molecule has 29 heavy (non-hydrogen) atoms. The van der Waals surface area contributed by atoms with Crippen LogP contribution in [0.15, 0.2) is 48.4 Å². The maximum absolute atomic E-state index is 13.1. The van der Waals surface area contributed by atoms with Gasteiger partial charge >= 0.3 is 0 Å². The molecule has 1 aromatic carbocycles. The van der Waals surface area contributed by atoms with E-state index in [1.54, 1.807) is 34.4 Å². The summed E-state index contributed by atoms with van der Waals surface area (Å²) in [6.07, 6.45) is 3.36. The maximum Gasteiger partial charge on any atom is 0.261 e. The summed E-state index contributed by atoms with van der Waals surface area (Å²) >= 11 is 1.58. The summed E-state index contributed by atoms with van der Waals surface area (Å²) in [6.45, 7) is 5.52. The number of hydrogen-bond donors (Lipinski definition) is 0. The molecule has 1 fully saturated rings. The van der Waals surface area contributed by atoms with Crippen molar-refractivity contribution in [2.75, 3.05) is 19.7 Å². The highest BCUT2D eigenvalue weighted by Crippen LogP contribution is 2.27. The Bertz CT molecular complexity index is 948. The van der Waals surface area contributed by atoms with E-state index < -0.39 is 0 Å². The van der Waals surface area contributed by atoms with Crippen LogP contribution < -0.4 is 0 Å². The predicted molar refractivity (Wildman–Crippen MR) is 110 cm³/mol. The number of rotatable bonds is 7. The van der Waals surface area contributed by atoms with E-state index in [0.717, 1.165) is 17.7 Å². The Morgan fingerprint density at radius 3 is 2.79 bits per heavy atom. The fourth-order valence-electron chi connectivity index (χ4n) is 3.73. The van der Waals surface area contributed by atoms with Crippen molar-refractivity contribution in [2.24, 2.45) is 0 Å². The van der Waals surface area contributed by atoms with Crippen LogP contribution in [0, 0.1) is 0 Å². The number of hydrogen-bond acceptors (Lipinski definition) is 5. The van der Waals surface area contributed by atoms with E-state index in [1.807, 2.05) is 17.5 Å². The fraction of sp³-hybridized carbons (Fsp3) is 0.318. The van der Waals surface area contributed by atoms with Gasteiger partial charge in [0.25, 0.3) is 17.7 Å². The minimum absolute atomic E-state index is 0.104. The van der Waals surface area contributed by atoms with Crippen LogP contribution in [0.2, 0.25) is 0 Å². The van der Waals surface area contributed by atoms with Gasteiger partial charge in [-0.25, -0.2) is 0 Å². The van der Waals surface area contributed by atoms with Gasteiger partial charge in [-0.15, -0.1) is 17.9 Å². The topological polar surface area (TPSA) is 66.9 Å². The summed E-state index contributed by atoms with van der Waals surface area (Å²) in [5, 5.41) is 1.97. The molecule has 0 aliphatic carbocycles. The Morgan fingerprint density at radius 1 is 1.28 bits per heavy atom. The van der Waals surface area contributed by atoms with Gasteiger partial charge in [0.1, 0.15) is 0 Å². The van der Waals surface area contributed by atoms with Crippen LogP contribution >= 0.6 is 11.3 Å². The smallest absolute Gasteiger partial charge is 0.261 e. The van der Waals surface area contributed by atoms with E-state index >= 15 is 0 Å². The third kappa shape index (κ3) is 3.88. The van der Waals surface area contributed by atoms with E-state index in [-0.39, 0.29) is 35.9 Å². The molecule has 2 aliphatic rings. The molecule has 0 bridgehead atoms. The Kier molecular flexibility index (Phi) is 5.60. The maximum atomic E-state index is 13.1. The molecule has 1 saturated heterocycles. The highest BCUT2D eigenvalue weighted by atomic mass is 32.1. The zero-order chi connectivity index (χ0) is 20.4. The molecule has 4 rings (SSSR count). The lowest BCUT2D eigenvalue weighted by Gasteiger charge is -2.20. The van der Waals surface area contributed by atoms with Crippen molar-refractivity contribution < 1.29 is 19.1 Å². The van der Waals surface area contributed by atoms with E-state index in [0.29, 0.717) is 30.8 Å². The standard InChI is InChI=1S/C22H22N2O4S/c1-2-9-23(14-17-6-4-11-29-17)20(25)15-7-8-18-19(12-15)22(27)24(21(18)26)13-16-5-3-10-28-16/h2,4,6-8,11-12,16H,1,3,5,9-10,13-14H2. The molecule has 150 valence electrons. The number of thiophene rings is 1. The highest BCUT2D eigenvalue weighted by Gasteiger charge is 2.38. The lowest BCUT2D eigenvalue weighted by molar-refractivity contribution is 0.0475. The first kappa shape index (κ1) is 19.5. The first-order valence-corrected chi connectivity index (χ1v) is 10.5. The van der Waals surface area contributed by atoms with Gasteiger partial charge in [0, 0.05) is 23.6 Å². The van der Waals surface area contributed by atoms with Gasteiger partial charge in [0.15, 0.2) is 0 Å². The van der Waals surface area contributed by atoms with Crippen molar-refractivity contribution in [2.45, 2.75) is 25.5 Å². The second-order valence-corrected chi connectivity index (χ2v) is 8.20. The number of amides is 3. The number of imide groups is 1. The van der Waals surface area contributed by atoms with Crippen molar-refractivity contribution in [3.8, 4) is 0 Å². The molecule has 2 aromatic rings. The van der Waals surface area contributed by atoms with Crippen molar-refractivity contribution in [3.05, 3.63) is 69.9 Å². The molecule has 0 spiro atoms. The van der Waals surface area contributed by atoms with Crippen molar-refractivity contribution in [1.29, 1.82) is 0 Å². The van der Waals surface area contributed by atoms with Gasteiger partial charge in [-0.1, -0.05) is 12.1 Å². The number of carbonyl (C=O) groups excluding carboxylic acids is 3. The van der Waals surface area contributed by atoms with Crippen LogP contribution in [0.25, 0.3) is 0 Å². The second-order valence-electron chi connectivity index (χ2n) is 7.17. The van der Waals surface area contributed by atoms with E-state index in [4.69, 9.17) is 4.74 Å². The predicted octanol–water partition coefficient (Wildman–Crippen LogP) is 3.35. The van der Waals surface area contributed by atoms with Crippen LogP contribution in [-0.2, 0) is 11.3 Å². The number of carbonyl (C=O) groups is 3. The van der Waals surface area contributed by atoms with Crippen molar-refractivity contribution in [3.63, 3.8) is 0 Å². The van der Waals surface area contributed by atoms with Crippen LogP contribution in [0.3, 0.4) is 0 Å². The quantitative estimate of drug-likeness (QED) is 0.519. The number of fused-ring (bicyclic) bond motifs is 1. The highest BCUT2D eigenvalue weighted by molar-refractivity contribution is 7.09. The number of benzene rings is 1. The van der Waals surface area contributed by atoms with E-state index in [1.165, 1.54) is 11.0 Å². The minimum Gasteiger partial charge on any atom is -0.376 e. The first-order chi connectivity index (χ1) is 14.1. The summed E-state index contributed by atoms with van der Waals surface area (Å²) in [5.74, 6) is -0.872. The SMILES string of the molecule is C=CCN(Cc1cccs1)C(=O)c1ccc2c(c1)C(=O)N(CC1CCCO1)C2=O. The molecule has 1 atom stereocenters. The second kappa shape index (κ2) is 8.31. The third-order valence-corrected chi connectivity index (χ3v) is 6.05. The first-order valence-electron chi connectivity index (χ1n) is 9.63. The molecule has 3 heterocycles. The zero-order valence-corrected chi connectivity index (χ0v) is 16.8. The minimum atomic E-state index is -0.358. The summed E-state index contributed by atoms with van der Waals surface area (Å²) < 4.78 is 5.57. The van der Waals surface area contributed by atoms with Crippen molar-refractivity contribution >= 4 is 29.1 Å². The normalized spacial score (nSPS) is 18.2. The summed E-state index contributed by atoms with van der Waals surface area (Å²) in [4.78, 5) is 42.5. The molecule has 0 saturated carbocycles. The van der Waals surface area contributed by atoms with Gasteiger partial charge in [-0.05, 0) is 42.5 Å². The Balaban J connectivity index is 1.55. The van der Waals surface area contributed by atoms with Gasteiger partial charge in [0.2, 0.25) is 0 Å². The lowest BCUT2D eigenvalue weighted by Crippen LogP contribution is -2.36. The van der Waals surface area contributed by atoms with Gasteiger partial charge in [0.05, 0.1) is 30.3 Å². The largest absolute Gasteiger partial charge is 0.376 e. The molecule has 7 heteroatoms. The molecular formula is C22H22N2O4S. The molecule has 0 N–H and O–H groups in total. The Labute approximate surface area is 173 Å². The molecule has 6 nitrogen and oxygen atoms in total. The fourth-order valence-corrected chi connectivity index (χ4v) is 4.45. The van der Waals surface area contributed by atoms with Crippen LogP contribution in [-0.4, -0.2) is 53.3 Å². The molecule has 0 radical (unpaired) electrons. The molecule has 1 unspecified atom stereocenters. The Morgan fingerprint density at radius 2 is 2.10 bits per heavy atom. The molecule has 3 amide bonds. The molecule has 1 aromatic heterocycles. The van der Waals surface area contributed by atoms with Gasteiger partial charge in [-0.2, -0.15) is 0 Å². The number of ether oxygens (including phenoxy) is 1. The summed E-state index contributed by atoms with van der Waals surface area (Å²) in [5.41, 5.74) is 1.02. The van der Waals surface area contributed by atoms with Crippen LogP contribution in [0.5, 0.6) is 0 Å². The van der Waals surface area contributed by atoms with Gasteiger partial charge < -0.3 is 9.64 Å². The van der Waals surface area contributed by atoms with Crippen LogP contribution in [0.1, 0.15) is 48.8 Å². The molecule has 2 aliphatic heterocycles. The summed E-state index contributed by atoms with van der Waals surface area (Å²) in [7, 11) is 0. The molecular weight excluding hydrogens is 388 g/mol. The lowest BCUT2D eigenvalue weighted by atomic mass is 10.0. The van der Waals surface area contributed by atoms with Crippen LogP contribution in [0.4, 0.5) is 0 Å². The van der Waals surface area contributed by atoms with E-state index in [2.05, 4.69) is 6.58 Å². The van der Waals surface area contributed by atoms with Crippen molar-refractivity contribution in [1.82, 2.24) is 9.80 Å². The zero-order valence-electron chi connectivity index (χ0n) is 16.0. The summed E-state index contributed by atoms with van der Waals surface area (Å²) in [6, 6.07) is 8.65. The average molecular weight is 410 g/mol. The van der Waals surface area contributed by atoms with Gasteiger partial charge in [-0.3, -0.25) is 19.3 Å². The van der Waals surface area contributed by atoms with E-state index in [9.17, 15) is 14.4 Å². The average Bonchev–Trinajstić information content (AvgIpc) is 3.47. The Hall–Kier alpha value is -2.77. The third-order valence-electron chi connectivity index (χ3n) is 5.19.